The van der Waals surface area contributed by atoms with Crippen molar-refractivity contribution in [3.63, 3.8) is 0 Å². The van der Waals surface area contributed by atoms with Crippen LogP contribution in [0, 0.1) is 0 Å². The molecule has 4 nitrogen and oxygen atoms in total. The minimum absolute atomic E-state index is 0.218. The number of hydrogen-bond acceptors (Lipinski definition) is 4. The average molecular weight is 384 g/mol. The monoisotopic (exact) mass is 384 g/mol. The van der Waals surface area contributed by atoms with Crippen molar-refractivity contribution in [3.8, 4) is 0 Å². The van der Waals surface area contributed by atoms with E-state index in [1.807, 2.05) is 12.1 Å². The van der Waals surface area contributed by atoms with Crippen molar-refractivity contribution in [2.45, 2.75) is 6.18 Å². The third-order valence-electron chi connectivity index (χ3n) is 3.90. The second-order valence-electron chi connectivity index (χ2n) is 5.77. The van der Waals surface area contributed by atoms with Crippen molar-refractivity contribution in [2.75, 3.05) is 7.11 Å². The molecule has 3 aromatic rings. The van der Waals surface area contributed by atoms with Crippen molar-refractivity contribution in [1.82, 2.24) is 4.98 Å². The number of carbonyl (C=O) groups is 1. The topological polar surface area (TPSA) is 51.5 Å². The maximum atomic E-state index is 13.2. The number of halogens is 3. The van der Waals surface area contributed by atoms with Crippen LogP contribution in [0.2, 0.25) is 0 Å². The summed E-state index contributed by atoms with van der Waals surface area (Å²) in [6.07, 6.45) is -4.03. The van der Waals surface area contributed by atoms with Crippen LogP contribution in [-0.4, -0.2) is 23.8 Å². The van der Waals surface area contributed by atoms with Crippen molar-refractivity contribution in [3.05, 3.63) is 95.3 Å². The molecule has 0 bridgehead atoms. The van der Waals surface area contributed by atoms with E-state index in [0.29, 0.717) is 23.0 Å². The molecule has 0 atom stereocenters. The number of nitrogens with zero attached hydrogens (tertiary/aromatic N) is 2. The number of aliphatic imine (C=N–C) groups is 1. The zero-order chi connectivity index (χ0) is 20.1. The van der Waals surface area contributed by atoms with Crippen molar-refractivity contribution >= 4 is 17.4 Å². The standard InChI is InChI=1S/C21H15F3N2O2/c1-28-20(27)19-17(12-16(13-25-19)21(22,23)24)26-18(14-8-4-2-5-9-14)15-10-6-3-7-11-15/h2-13H,1H3. The van der Waals surface area contributed by atoms with Crippen LogP contribution in [0.5, 0.6) is 0 Å². The molecule has 0 radical (unpaired) electrons. The van der Waals surface area contributed by atoms with Crippen LogP contribution >= 0.6 is 0 Å². The van der Waals surface area contributed by atoms with E-state index in [0.717, 1.165) is 13.2 Å². The summed E-state index contributed by atoms with van der Waals surface area (Å²) in [7, 11) is 1.13. The molecule has 0 aliphatic heterocycles. The van der Waals surface area contributed by atoms with E-state index in [2.05, 4.69) is 14.7 Å². The normalized spacial score (nSPS) is 11.0. The molecule has 0 spiro atoms. The third-order valence-corrected chi connectivity index (χ3v) is 3.90. The summed E-state index contributed by atoms with van der Waals surface area (Å²) in [5.41, 5.74) is 0.264. The predicted octanol–water partition coefficient (Wildman–Crippen LogP) is 5.06. The molecule has 3 rings (SSSR count). The van der Waals surface area contributed by atoms with Gasteiger partial charge in [-0.05, 0) is 6.07 Å². The summed E-state index contributed by atoms with van der Waals surface area (Å²) in [6, 6.07) is 18.7. The lowest BCUT2D eigenvalue weighted by atomic mass is 10.0. The fraction of sp³-hybridized carbons (Fsp3) is 0.0952. The summed E-state index contributed by atoms with van der Waals surface area (Å²) in [5, 5.41) is 0. The summed E-state index contributed by atoms with van der Waals surface area (Å²) >= 11 is 0. The Hall–Kier alpha value is -3.48. The van der Waals surface area contributed by atoms with Gasteiger partial charge in [-0.15, -0.1) is 0 Å². The number of pyridine rings is 1. The van der Waals surface area contributed by atoms with Gasteiger partial charge in [0.25, 0.3) is 0 Å². The Morgan fingerprint density at radius 2 is 1.50 bits per heavy atom. The predicted molar refractivity (Wildman–Crippen MR) is 98.8 cm³/mol. The van der Waals surface area contributed by atoms with Crippen LogP contribution in [0.4, 0.5) is 18.9 Å². The minimum Gasteiger partial charge on any atom is -0.464 e. The fourth-order valence-corrected chi connectivity index (χ4v) is 2.56. The first kappa shape index (κ1) is 19.3. The van der Waals surface area contributed by atoms with Crippen LogP contribution in [-0.2, 0) is 10.9 Å². The Morgan fingerprint density at radius 3 is 1.96 bits per heavy atom. The summed E-state index contributed by atoms with van der Waals surface area (Å²) in [6.45, 7) is 0. The maximum absolute atomic E-state index is 13.2. The van der Waals surface area contributed by atoms with E-state index in [9.17, 15) is 18.0 Å². The number of aromatic nitrogens is 1. The quantitative estimate of drug-likeness (QED) is 0.467. The molecule has 0 N–H and O–H groups in total. The van der Waals surface area contributed by atoms with Gasteiger partial charge in [-0.3, -0.25) is 0 Å². The highest BCUT2D eigenvalue weighted by Crippen LogP contribution is 2.33. The number of hydrogen-bond donors (Lipinski definition) is 0. The van der Waals surface area contributed by atoms with Gasteiger partial charge in [0.2, 0.25) is 0 Å². The van der Waals surface area contributed by atoms with Crippen molar-refractivity contribution in [2.24, 2.45) is 4.99 Å². The first-order valence-electron chi connectivity index (χ1n) is 8.25. The van der Waals surface area contributed by atoms with E-state index >= 15 is 0 Å². The molecule has 1 heterocycles. The number of ether oxygens (including phenoxy) is 1. The van der Waals surface area contributed by atoms with Gasteiger partial charge in [0, 0.05) is 17.3 Å². The number of carbonyl (C=O) groups excluding carboxylic acids is 1. The molecule has 0 saturated carbocycles. The Balaban J connectivity index is 2.25. The number of methoxy groups -OCH3 is 1. The molecular weight excluding hydrogens is 369 g/mol. The van der Waals surface area contributed by atoms with Gasteiger partial charge >= 0.3 is 12.1 Å². The van der Waals surface area contributed by atoms with Crippen LogP contribution < -0.4 is 0 Å². The fourth-order valence-electron chi connectivity index (χ4n) is 2.56. The van der Waals surface area contributed by atoms with Gasteiger partial charge in [0.05, 0.1) is 24.1 Å². The van der Waals surface area contributed by atoms with Gasteiger partial charge in [0.15, 0.2) is 5.69 Å². The van der Waals surface area contributed by atoms with E-state index in [4.69, 9.17) is 0 Å². The highest BCUT2D eigenvalue weighted by atomic mass is 19.4. The van der Waals surface area contributed by atoms with E-state index in [-0.39, 0.29) is 11.4 Å². The Morgan fingerprint density at radius 1 is 0.964 bits per heavy atom. The second kappa shape index (κ2) is 8.04. The van der Waals surface area contributed by atoms with E-state index in [1.165, 1.54) is 0 Å². The first-order chi connectivity index (χ1) is 13.4. The lowest BCUT2D eigenvalue weighted by Gasteiger charge is -2.12. The molecule has 2 aromatic carbocycles. The number of alkyl halides is 3. The molecule has 0 unspecified atom stereocenters. The van der Waals surface area contributed by atoms with Gasteiger partial charge in [-0.1, -0.05) is 60.7 Å². The lowest BCUT2D eigenvalue weighted by Crippen LogP contribution is -2.11. The summed E-state index contributed by atoms with van der Waals surface area (Å²) in [5.74, 6) is -0.868. The molecule has 1 aromatic heterocycles. The summed E-state index contributed by atoms with van der Waals surface area (Å²) < 4.78 is 44.1. The van der Waals surface area contributed by atoms with E-state index in [1.54, 1.807) is 48.5 Å². The summed E-state index contributed by atoms with van der Waals surface area (Å²) in [4.78, 5) is 20.1. The Bertz CT molecular complexity index is 960. The largest absolute Gasteiger partial charge is 0.464 e. The lowest BCUT2D eigenvalue weighted by molar-refractivity contribution is -0.137. The molecule has 28 heavy (non-hydrogen) atoms. The minimum atomic E-state index is -4.62. The molecule has 7 heteroatoms. The highest BCUT2D eigenvalue weighted by Gasteiger charge is 2.32. The van der Waals surface area contributed by atoms with Gasteiger partial charge in [-0.2, -0.15) is 13.2 Å². The Labute approximate surface area is 159 Å². The number of rotatable bonds is 4. The van der Waals surface area contributed by atoms with Gasteiger partial charge < -0.3 is 4.74 Å². The molecule has 0 fully saturated rings. The molecule has 0 aliphatic carbocycles. The first-order valence-corrected chi connectivity index (χ1v) is 8.25. The zero-order valence-corrected chi connectivity index (χ0v) is 14.8. The SMILES string of the molecule is COC(=O)c1ncc(C(F)(F)F)cc1N=C(c1ccccc1)c1ccccc1. The molecule has 0 aliphatic rings. The molecule has 0 amide bonds. The number of esters is 1. The zero-order valence-electron chi connectivity index (χ0n) is 14.8. The smallest absolute Gasteiger partial charge is 0.417 e. The van der Waals surface area contributed by atoms with Crippen LogP contribution in [0.15, 0.2) is 77.9 Å². The molecular formula is C21H15F3N2O2. The van der Waals surface area contributed by atoms with Crippen molar-refractivity contribution < 1.29 is 22.7 Å². The van der Waals surface area contributed by atoms with Gasteiger partial charge in [0.1, 0.15) is 0 Å². The molecule has 0 saturated heterocycles. The Kier molecular flexibility index (Phi) is 5.54. The number of benzene rings is 2. The second-order valence-corrected chi connectivity index (χ2v) is 5.77. The van der Waals surface area contributed by atoms with E-state index < -0.39 is 17.7 Å². The maximum Gasteiger partial charge on any atom is 0.417 e. The molecule has 142 valence electrons. The van der Waals surface area contributed by atoms with Crippen molar-refractivity contribution in [1.29, 1.82) is 0 Å². The highest BCUT2D eigenvalue weighted by molar-refractivity contribution is 6.14. The van der Waals surface area contributed by atoms with Crippen LogP contribution in [0.25, 0.3) is 0 Å². The average Bonchev–Trinajstić information content (AvgIpc) is 2.72. The van der Waals surface area contributed by atoms with Gasteiger partial charge in [-0.25, -0.2) is 14.8 Å². The third kappa shape index (κ3) is 4.25. The van der Waals surface area contributed by atoms with Crippen LogP contribution in [0.1, 0.15) is 27.2 Å². The van der Waals surface area contributed by atoms with Crippen LogP contribution in [0.3, 0.4) is 0 Å².